The van der Waals surface area contributed by atoms with Crippen molar-refractivity contribution in [1.29, 1.82) is 0 Å². The zero-order valence-electron chi connectivity index (χ0n) is 14.5. The molecule has 0 saturated carbocycles. The molecule has 2 rings (SSSR count). The van der Waals surface area contributed by atoms with E-state index >= 15 is 0 Å². The Labute approximate surface area is 148 Å². The number of hydrogen-bond donors (Lipinski definition) is 3. The van der Waals surface area contributed by atoms with Crippen LogP contribution in [0.4, 0.5) is 10.5 Å². The van der Waals surface area contributed by atoms with Gasteiger partial charge in [-0.1, -0.05) is 24.3 Å². The van der Waals surface area contributed by atoms with Crippen LogP contribution < -0.4 is 15.4 Å². The standard InChI is InChI=1S/C18H23N3O3S/c1-13(2)20-18(22)19-12-15-7-9-16(10-8-15)21-25(23,24)17-6-4-5-14(3)11-17/h4-11,13,21H,12H2,1-3H3,(H2,19,20,22). The average molecular weight is 361 g/mol. The first-order valence-electron chi connectivity index (χ1n) is 7.99. The predicted molar refractivity (Wildman–Crippen MR) is 98.9 cm³/mol. The Morgan fingerprint density at radius 2 is 1.76 bits per heavy atom. The minimum absolute atomic E-state index is 0.0680. The number of rotatable bonds is 6. The summed E-state index contributed by atoms with van der Waals surface area (Å²) in [6.07, 6.45) is 0. The number of amides is 2. The molecule has 0 spiro atoms. The van der Waals surface area contributed by atoms with Crippen molar-refractivity contribution in [2.45, 2.75) is 38.3 Å². The third-order valence-corrected chi connectivity index (χ3v) is 4.76. The molecule has 0 atom stereocenters. The Balaban J connectivity index is 1.99. The SMILES string of the molecule is Cc1cccc(S(=O)(=O)Nc2ccc(CNC(=O)NC(C)C)cc2)c1. The third kappa shape index (κ3) is 5.79. The zero-order valence-corrected chi connectivity index (χ0v) is 15.4. The quantitative estimate of drug-likeness (QED) is 0.739. The molecule has 0 heterocycles. The van der Waals surface area contributed by atoms with Crippen LogP contribution in [-0.4, -0.2) is 20.5 Å². The number of urea groups is 1. The van der Waals surface area contributed by atoms with Gasteiger partial charge < -0.3 is 10.6 Å². The summed E-state index contributed by atoms with van der Waals surface area (Å²) in [6.45, 7) is 5.98. The molecular formula is C18H23N3O3S. The van der Waals surface area contributed by atoms with Crippen LogP contribution in [0.15, 0.2) is 53.4 Å². The number of carbonyl (C=O) groups is 1. The fraction of sp³-hybridized carbons (Fsp3) is 0.278. The Kier molecular flexibility index (Phi) is 6.03. The van der Waals surface area contributed by atoms with Gasteiger partial charge in [0.15, 0.2) is 0 Å². The molecule has 0 fully saturated rings. The molecule has 0 aromatic heterocycles. The molecule has 25 heavy (non-hydrogen) atoms. The molecule has 0 bridgehead atoms. The maximum absolute atomic E-state index is 12.4. The van der Waals surface area contributed by atoms with E-state index in [2.05, 4.69) is 15.4 Å². The molecule has 0 radical (unpaired) electrons. The normalized spacial score (nSPS) is 11.2. The third-order valence-electron chi connectivity index (χ3n) is 3.38. The molecule has 7 heteroatoms. The summed E-state index contributed by atoms with van der Waals surface area (Å²) in [7, 11) is -3.62. The number of sulfonamides is 1. The average Bonchev–Trinajstić information content (AvgIpc) is 2.53. The highest BCUT2D eigenvalue weighted by atomic mass is 32.2. The number of anilines is 1. The van der Waals surface area contributed by atoms with Crippen molar-refractivity contribution in [2.24, 2.45) is 0 Å². The lowest BCUT2D eigenvalue weighted by atomic mass is 10.2. The topological polar surface area (TPSA) is 87.3 Å². The van der Waals surface area contributed by atoms with E-state index in [-0.39, 0.29) is 17.0 Å². The largest absolute Gasteiger partial charge is 0.336 e. The highest BCUT2D eigenvalue weighted by molar-refractivity contribution is 7.92. The molecule has 0 aliphatic carbocycles. The van der Waals surface area contributed by atoms with E-state index in [0.29, 0.717) is 12.2 Å². The van der Waals surface area contributed by atoms with E-state index in [1.165, 1.54) is 0 Å². The Morgan fingerprint density at radius 3 is 2.36 bits per heavy atom. The monoisotopic (exact) mass is 361 g/mol. The molecule has 3 N–H and O–H groups in total. The molecule has 0 unspecified atom stereocenters. The van der Waals surface area contributed by atoms with E-state index in [1.807, 2.05) is 26.8 Å². The van der Waals surface area contributed by atoms with Gasteiger partial charge in [-0.15, -0.1) is 0 Å². The van der Waals surface area contributed by atoms with Crippen molar-refractivity contribution < 1.29 is 13.2 Å². The van der Waals surface area contributed by atoms with Crippen molar-refractivity contribution in [3.63, 3.8) is 0 Å². The van der Waals surface area contributed by atoms with Gasteiger partial charge in [0.05, 0.1) is 4.90 Å². The second-order valence-corrected chi connectivity index (χ2v) is 7.78. The van der Waals surface area contributed by atoms with Gasteiger partial charge in [-0.25, -0.2) is 13.2 Å². The van der Waals surface area contributed by atoms with Gasteiger partial charge >= 0.3 is 6.03 Å². The van der Waals surface area contributed by atoms with Crippen molar-refractivity contribution in [3.8, 4) is 0 Å². The van der Waals surface area contributed by atoms with Gasteiger partial charge in [0, 0.05) is 18.3 Å². The maximum atomic E-state index is 12.4. The Bertz CT molecular complexity index is 831. The first-order valence-corrected chi connectivity index (χ1v) is 9.47. The second kappa shape index (κ2) is 8.02. The van der Waals surface area contributed by atoms with Crippen LogP contribution in [0, 0.1) is 6.92 Å². The summed E-state index contributed by atoms with van der Waals surface area (Å²) < 4.78 is 27.3. The summed E-state index contributed by atoms with van der Waals surface area (Å²) in [5.74, 6) is 0. The number of benzene rings is 2. The summed E-state index contributed by atoms with van der Waals surface area (Å²) in [5.41, 5.74) is 2.22. The zero-order chi connectivity index (χ0) is 18.4. The van der Waals surface area contributed by atoms with E-state index in [0.717, 1.165) is 11.1 Å². The maximum Gasteiger partial charge on any atom is 0.315 e. The van der Waals surface area contributed by atoms with E-state index in [1.54, 1.807) is 42.5 Å². The summed E-state index contributed by atoms with van der Waals surface area (Å²) in [5, 5.41) is 5.48. The van der Waals surface area contributed by atoms with Crippen LogP contribution in [-0.2, 0) is 16.6 Å². The first kappa shape index (κ1) is 18.8. The fourth-order valence-electron chi connectivity index (χ4n) is 2.18. The molecule has 0 aliphatic heterocycles. The molecule has 2 aromatic carbocycles. The smallest absolute Gasteiger partial charge is 0.315 e. The van der Waals surface area contributed by atoms with Crippen molar-refractivity contribution in [2.75, 3.05) is 4.72 Å². The highest BCUT2D eigenvalue weighted by Gasteiger charge is 2.14. The van der Waals surface area contributed by atoms with Crippen LogP contribution in [0.1, 0.15) is 25.0 Å². The summed E-state index contributed by atoms with van der Waals surface area (Å²) in [4.78, 5) is 11.8. The van der Waals surface area contributed by atoms with Crippen LogP contribution in [0.2, 0.25) is 0 Å². The molecule has 0 saturated heterocycles. The predicted octanol–water partition coefficient (Wildman–Crippen LogP) is 3.00. The second-order valence-electron chi connectivity index (χ2n) is 6.10. The number of carbonyl (C=O) groups excluding carboxylic acids is 1. The van der Waals surface area contributed by atoms with Crippen LogP contribution in [0.25, 0.3) is 0 Å². The molecule has 6 nitrogen and oxygen atoms in total. The van der Waals surface area contributed by atoms with Gasteiger partial charge in [-0.2, -0.15) is 0 Å². The van der Waals surface area contributed by atoms with Gasteiger partial charge in [0.25, 0.3) is 10.0 Å². The first-order chi connectivity index (χ1) is 11.8. The summed E-state index contributed by atoms with van der Waals surface area (Å²) >= 11 is 0. The number of nitrogens with one attached hydrogen (secondary N) is 3. The molecular weight excluding hydrogens is 338 g/mol. The van der Waals surface area contributed by atoms with Gasteiger partial charge in [0.2, 0.25) is 0 Å². The van der Waals surface area contributed by atoms with Crippen LogP contribution >= 0.6 is 0 Å². The lowest BCUT2D eigenvalue weighted by Crippen LogP contribution is -2.39. The van der Waals surface area contributed by atoms with Gasteiger partial charge in [-0.05, 0) is 56.2 Å². The summed E-state index contributed by atoms with van der Waals surface area (Å²) in [6, 6.07) is 13.4. The highest BCUT2D eigenvalue weighted by Crippen LogP contribution is 2.17. The fourth-order valence-corrected chi connectivity index (χ4v) is 3.35. The Morgan fingerprint density at radius 1 is 1.08 bits per heavy atom. The van der Waals surface area contributed by atoms with E-state index in [4.69, 9.17) is 0 Å². The van der Waals surface area contributed by atoms with Crippen LogP contribution in [0.3, 0.4) is 0 Å². The molecule has 2 aromatic rings. The van der Waals surface area contributed by atoms with Gasteiger partial charge in [0.1, 0.15) is 0 Å². The molecule has 134 valence electrons. The van der Waals surface area contributed by atoms with Crippen molar-refractivity contribution >= 4 is 21.7 Å². The minimum Gasteiger partial charge on any atom is -0.336 e. The number of hydrogen-bond acceptors (Lipinski definition) is 3. The van der Waals surface area contributed by atoms with Gasteiger partial charge in [-0.3, -0.25) is 4.72 Å². The minimum atomic E-state index is -3.62. The van der Waals surface area contributed by atoms with E-state index in [9.17, 15) is 13.2 Å². The lowest BCUT2D eigenvalue weighted by molar-refractivity contribution is 0.238. The number of aryl methyl sites for hydroxylation is 1. The lowest BCUT2D eigenvalue weighted by Gasteiger charge is -2.11. The van der Waals surface area contributed by atoms with Crippen molar-refractivity contribution in [3.05, 3.63) is 59.7 Å². The molecule has 2 amide bonds. The van der Waals surface area contributed by atoms with Crippen LogP contribution in [0.5, 0.6) is 0 Å². The molecule has 0 aliphatic rings. The van der Waals surface area contributed by atoms with E-state index < -0.39 is 10.0 Å². The Hall–Kier alpha value is -2.54. The van der Waals surface area contributed by atoms with Crippen molar-refractivity contribution in [1.82, 2.24) is 10.6 Å².